The molecule has 3 aromatic carbocycles. The Labute approximate surface area is 167 Å². The van der Waals surface area contributed by atoms with Crippen molar-refractivity contribution in [2.45, 2.75) is 13.1 Å². The van der Waals surface area contributed by atoms with Gasteiger partial charge in [0.25, 0.3) is 5.91 Å². The number of ether oxygens (including phenoxy) is 1. The Bertz CT molecular complexity index is 972. The average molecular weight is 393 g/mol. The number of carbonyl (C=O) groups is 2. The molecule has 0 fully saturated rings. The van der Waals surface area contributed by atoms with Gasteiger partial charge in [-0.25, -0.2) is 9.18 Å². The zero-order chi connectivity index (χ0) is 20.6. The summed E-state index contributed by atoms with van der Waals surface area (Å²) < 4.78 is 18.6. The predicted octanol–water partition coefficient (Wildman–Crippen LogP) is 3.72. The van der Waals surface area contributed by atoms with E-state index in [-0.39, 0.29) is 11.7 Å². The van der Waals surface area contributed by atoms with Crippen molar-refractivity contribution in [3.05, 3.63) is 95.3 Å². The van der Waals surface area contributed by atoms with E-state index in [4.69, 9.17) is 10.5 Å². The minimum Gasteiger partial charge on any atom is -0.457 e. The number of carbonyl (C=O) groups excluding carboxylic acids is 2. The average Bonchev–Trinajstić information content (AvgIpc) is 2.73. The summed E-state index contributed by atoms with van der Waals surface area (Å²) in [5.74, 6) is 0.639. The van der Waals surface area contributed by atoms with Gasteiger partial charge in [0.1, 0.15) is 17.3 Å². The van der Waals surface area contributed by atoms with Crippen LogP contribution in [0.5, 0.6) is 11.5 Å². The Morgan fingerprint density at radius 3 is 1.79 bits per heavy atom. The van der Waals surface area contributed by atoms with Crippen LogP contribution in [0.4, 0.5) is 9.18 Å². The highest BCUT2D eigenvalue weighted by Crippen LogP contribution is 2.21. The number of nitrogens with one attached hydrogen (secondary N) is 2. The van der Waals surface area contributed by atoms with E-state index < -0.39 is 6.03 Å². The Balaban J connectivity index is 1.50. The zero-order valence-corrected chi connectivity index (χ0v) is 15.5. The Kier molecular flexibility index (Phi) is 6.42. The van der Waals surface area contributed by atoms with Crippen molar-refractivity contribution in [2.75, 3.05) is 0 Å². The second-order valence-corrected chi connectivity index (χ2v) is 6.30. The van der Waals surface area contributed by atoms with Crippen molar-refractivity contribution < 1.29 is 18.7 Å². The number of hydrogen-bond acceptors (Lipinski definition) is 3. The molecule has 0 bridgehead atoms. The van der Waals surface area contributed by atoms with Crippen molar-refractivity contribution in [3.63, 3.8) is 0 Å². The van der Waals surface area contributed by atoms with Gasteiger partial charge in [-0.3, -0.25) is 4.79 Å². The first-order valence-corrected chi connectivity index (χ1v) is 8.92. The maximum absolute atomic E-state index is 12.9. The van der Waals surface area contributed by atoms with Gasteiger partial charge in [0.2, 0.25) is 0 Å². The fraction of sp³-hybridized carbons (Fsp3) is 0.0909. The molecule has 3 rings (SSSR count). The number of primary amides is 1. The highest BCUT2D eigenvalue weighted by molar-refractivity contribution is 5.94. The van der Waals surface area contributed by atoms with E-state index in [1.165, 1.54) is 12.1 Å². The third kappa shape index (κ3) is 6.07. The fourth-order valence-electron chi connectivity index (χ4n) is 2.56. The number of nitrogens with two attached hydrogens (primary N) is 1. The highest BCUT2D eigenvalue weighted by Gasteiger charge is 2.06. The molecule has 3 amide bonds. The summed E-state index contributed by atoms with van der Waals surface area (Å²) in [5.41, 5.74) is 7.30. The number of benzene rings is 3. The maximum atomic E-state index is 12.9. The lowest BCUT2D eigenvalue weighted by Crippen LogP contribution is -2.28. The first kappa shape index (κ1) is 19.9. The van der Waals surface area contributed by atoms with Crippen molar-refractivity contribution in [1.29, 1.82) is 0 Å². The summed E-state index contributed by atoms with van der Waals surface area (Å²) in [7, 11) is 0. The zero-order valence-electron chi connectivity index (χ0n) is 15.5. The van der Waals surface area contributed by atoms with E-state index in [0.717, 1.165) is 11.1 Å². The van der Waals surface area contributed by atoms with Gasteiger partial charge in [-0.2, -0.15) is 0 Å². The van der Waals surface area contributed by atoms with Gasteiger partial charge in [-0.05, 0) is 59.7 Å². The van der Waals surface area contributed by atoms with Crippen LogP contribution in [-0.4, -0.2) is 11.9 Å². The van der Waals surface area contributed by atoms with Crippen LogP contribution in [0.2, 0.25) is 0 Å². The standard InChI is InChI=1S/C22H20FN3O3/c23-18-7-11-20(12-8-18)29-19-9-3-16(4-10-19)13-25-21(27)17-5-1-15(2-6-17)14-26-22(24)28/h1-12H,13-14H2,(H,25,27)(H3,24,26,28). The van der Waals surface area contributed by atoms with Crippen LogP contribution < -0.4 is 21.1 Å². The molecule has 4 N–H and O–H groups in total. The predicted molar refractivity (Wildman–Crippen MR) is 107 cm³/mol. The quantitative estimate of drug-likeness (QED) is 0.571. The molecular formula is C22H20FN3O3. The second-order valence-electron chi connectivity index (χ2n) is 6.30. The van der Waals surface area contributed by atoms with Gasteiger partial charge >= 0.3 is 6.03 Å². The maximum Gasteiger partial charge on any atom is 0.312 e. The molecule has 0 radical (unpaired) electrons. The van der Waals surface area contributed by atoms with Crippen LogP contribution in [0.1, 0.15) is 21.5 Å². The topological polar surface area (TPSA) is 93.5 Å². The van der Waals surface area contributed by atoms with E-state index >= 15 is 0 Å². The SMILES string of the molecule is NC(=O)NCc1ccc(C(=O)NCc2ccc(Oc3ccc(F)cc3)cc2)cc1. The molecule has 0 atom stereocenters. The molecule has 0 spiro atoms. The van der Waals surface area contributed by atoms with E-state index in [1.807, 2.05) is 12.1 Å². The lowest BCUT2D eigenvalue weighted by molar-refractivity contribution is 0.0951. The van der Waals surface area contributed by atoms with Crippen molar-refractivity contribution in [2.24, 2.45) is 5.73 Å². The van der Waals surface area contributed by atoms with E-state index in [0.29, 0.717) is 30.2 Å². The fourth-order valence-corrected chi connectivity index (χ4v) is 2.56. The molecule has 0 saturated carbocycles. The second kappa shape index (κ2) is 9.36. The van der Waals surface area contributed by atoms with Crippen LogP contribution >= 0.6 is 0 Å². The lowest BCUT2D eigenvalue weighted by Gasteiger charge is -2.09. The van der Waals surface area contributed by atoms with Crippen molar-refractivity contribution in [3.8, 4) is 11.5 Å². The minimum absolute atomic E-state index is 0.203. The molecular weight excluding hydrogens is 373 g/mol. The normalized spacial score (nSPS) is 10.2. The van der Waals surface area contributed by atoms with Crippen molar-refractivity contribution >= 4 is 11.9 Å². The molecule has 148 valence electrons. The van der Waals surface area contributed by atoms with Gasteiger partial charge in [-0.15, -0.1) is 0 Å². The van der Waals surface area contributed by atoms with E-state index in [2.05, 4.69) is 10.6 Å². The highest BCUT2D eigenvalue weighted by atomic mass is 19.1. The van der Waals surface area contributed by atoms with Gasteiger partial charge in [0, 0.05) is 18.7 Å². The number of hydrogen-bond donors (Lipinski definition) is 3. The molecule has 0 aliphatic rings. The first-order chi connectivity index (χ1) is 14.0. The van der Waals surface area contributed by atoms with E-state index in [1.54, 1.807) is 48.5 Å². The molecule has 0 aliphatic heterocycles. The summed E-state index contributed by atoms with van der Waals surface area (Å²) in [5, 5.41) is 5.34. The number of amides is 3. The molecule has 29 heavy (non-hydrogen) atoms. The number of rotatable bonds is 7. The summed E-state index contributed by atoms with van der Waals surface area (Å²) >= 11 is 0. The largest absolute Gasteiger partial charge is 0.457 e. The van der Waals surface area contributed by atoms with Crippen LogP contribution in [-0.2, 0) is 13.1 Å². The number of urea groups is 1. The summed E-state index contributed by atoms with van der Waals surface area (Å²) in [6.45, 7) is 0.671. The Morgan fingerprint density at radius 1 is 0.759 bits per heavy atom. The molecule has 0 aliphatic carbocycles. The van der Waals surface area contributed by atoms with Gasteiger partial charge in [-0.1, -0.05) is 24.3 Å². The number of halogens is 1. The lowest BCUT2D eigenvalue weighted by atomic mass is 10.1. The molecule has 0 unspecified atom stereocenters. The summed E-state index contributed by atoms with van der Waals surface area (Å²) in [4.78, 5) is 23.0. The Hall–Kier alpha value is -3.87. The third-order valence-corrected chi connectivity index (χ3v) is 4.11. The molecule has 3 aromatic rings. The van der Waals surface area contributed by atoms with Gasteiger partial charge in [0.05, 0.1) is 0 Å². The van der Waals surface area contributed by atoms with Crippen LogP contribution in [0.3, 0.4) is 0 Å². The summed E-state index contributed by atoms with van der Waals surface area (Å²) in [6.07, 6.45) is 0. The molecule has 7 heteroatoms. The third-order valence-electron chi connectivity index (χ3n) is 4.11. The first-order valence-electron chi connectivity index (χ1n) is 8.92. The molecule has 0 saturated heterocycles. The monoisotopic (exact) mass is 393 g/mol. The minimum atomic E-state index is -0.596. The Morgan fingerprint density at radius 2 is 1.24 bits per heavy atom. The molecule has 6 nitrogen and oxygen atoms in total. The smallest absolute Gasteiger partial charge is 0.312 e. The van der Waals surface area contributed by atoms with E-state index in [9.17, 15) is 14.0 Å². The summed E-state index contributed by atoms with van der Waals surface area (Å²) in [6, 6.07) is 19.3. The molecule has 0 aromatic heterocycles. The molecule has 0 heterocycles. The van der Waals surface area contributed by atoms with Crippen LogP contribution in [0.15, 0.2) is 72.8 Å². The van der Waals surface area contributed by atoms with Gasteiger partial charge in [0.15, 0.2) is 0 Å². The van der Waals surface area contributed by atoms with Crippen LogP contribution in [0, 0.1) is 5.82 Å². The van der Waals surface area contributed by atoms with Gasteiger partial charge < -0.3 is 21.1 Å². The van der Waals surface area contributed by atoms with Crippen LogP contribution in [0.25, 0.3) is 0 Å². The van der Waals surface area contributed by atoms with Crippen molar-refractivity contribution in [1.82, 2.24) is 10.6 Å².